The lowest BCUT2D eigenvalue weighted by atomic mass is 10.1. The van der Waals surface area contributed by atoms with Crippen LogP contribution in [-0.2, 0) is 4.74 Å². The molecule has 1 saturated heterocycles. The number of ether oxygens (including phenoxy) is 1. The highest BCUT2D eigenvalue weighted by molar-refractivity contribution is 5.04. The Morgan fingerprint density at radius 1 is 1.37 bits per heavy atom. The largest absolute Gasteiger partial charge is 0.372 e. The molecule has 0 aromatic heterocycles. The van der Waals surface area contributed by atoms with Crippen molar-refractivity contribution in [3.63, 3.8) is 0 Å². The summed E-state index contributed by atoms with van der Waals surface area (Å²) in [4.78, 5) is 2.53. The summed E-state index contributed by atoms with van der Waals surface area (Å²) in [5, 5.41) is 3.51. The van der Waals surface area contributed by atoms with Gasteiger partial charge in [0.1, 0.15) is 0 Å². The second-order valence-corrected chi connectivity index (χ2v) is 6.57. The van der Waals surface area contributed by atoms with Crippen LogP contribution in [-0.4, -0.2) is 49.8 Å². The summed E-state index contributed by atoms with van der Waals surface area (Å²) in [6.45, 7) is 12.3. The summed E-state index contributed by atoms with van der Waals surface area (Å²) in [5.41, 5.74) is 1.54. The number of rotatable bonds is 6. The first-order valence-corrected chi connectivity index (χ1v) is 7.87. The smallest absolute Gasteiger partial charge is 0.0707 e. The van der Waals surface area contributed by atoms with Crippen molar-refractivity contribution in [3.8, 4) is 0 Å². The number of nitrogens with zero attached hydrogens (tertiary/aromatic N) is 1. The van der Waals surface area contributed by atoms with Crippen molar-refractivity contribution in [2.75, 3.05) is 32.7 Å². The summed E-state index contributed by atoms with van der Waals surface area (Å²) in [5.74, 6) is 0.723. The molecule has 1 N–H and O–H groups in total. The molecule has 2 heterocycles. The highest BCUT2D eigenvalue weighted by Crippen LogP contribution is 2.21. The van der Waals surface area contributed by atoms with E-state index in [0.717, 1.165) is 32.1 Å². The third-order valence-electron chi connectivity index (χ3n) is 4.10. The quantitative estimate of drug-likeness (QED) is 0.747. The van der Waals surface area contributed by atoms with Crippen molar-refractivity contribution in [2.45, 2.75) is 52.2 Å². The monoisotopic (exact) mass is 266 g/mol. The third-order valence-corrected chi connectivity index (χ3v) is 4.10. The maximum Gasteiger partial charge on any atom is 0.0707 e. The fourth-order valence-electron chi connectivity index (χ4n) is 2.86. The zero-order valence-corrected chi connectivity index (χ0v) is 12.8. The average Bonchev–Trinajstić information content (AvgIpc) is 2.79. The van der Waals surface area contributed by atoms with E-state index >= 15 is 0 Å². The Morgan fingerprint density at radius 3 is 2.84 bits per heavy atom. The van der Waals surface area contributed by atoms with Gasteiger partial charge in [0.15, 0.2) is 0 Å². The minimum Gasteiger partial charge on any atom is -0.372 e. The predicted molar refractivity (Wildman–Crippen MR) is 80.4 cm³/mol. The average molecular weight is 266 g/mol. The SMILES string of the molecule is CC1=CCN(CC2CCC(CNCC(C)C)O2)CC1. The Bertz CT molecular complexity index is 301. The Kier molecular flexibility index (Phi) is 5.86. The number of nitrogens with one attached hydrogen (secondary N) is 1. The lowest BCUT2D eigenvalue weighted by molar-refractivity contribution is 0.0246. The van der Waals surface area contributed by atoms with Gasteiger partial charge in [-0.05, 0) is 38.6 Å². The normalized spacial score (nSPS) is 28.9. The van der Waals surface area contributed by atoms with E-state index in [0.29, 0.717) is 12.2 Å². The first kappa shape index (κ1) is 15.0. The van der Waals surface area contributed by atoms with Crippen LogP contribution >= 0.6 is 0 Å². The maximum atomic E-state index is 6.15. The zero-order valence-electron chi connectivity index (χ0n) is 12.8. The van der Waals surface area contributed by atoms with E-state index in [1.807, 2.05) is 0 Å². The van der Waals surface area contributed by atoms with Gasteiger partial charge in [0.2, 0.25) is 0 Å². The van der Waals surface area contributed by atoms with Crippen molar-refractivity contribution < 1.29 is 4.74 Å². The molecule has 0 radical (unpaired) electrons. The van der Waals surface area contributed by atoms with Gasteiger partial charge in [-0.2, -0.15) is 0 Å². The van der Waals surface area contributed by atoms with Gasteiger partial charge in [-0.15, -0.1) is 0 Å². The second kappa shape index (κ2) is 7.41. The van der Waals surface area contributed by atoms with Crippen LogP contribution in [0.2, 0.25) is 0 Å². The van der Waals surface area contributed by atoms with E-state index in [-0.39, 0.29) is 0 Å². The fraction of sp³-hybridized carbons (Fsp3) is 0.875. The van der Waals surface area contributed by atoms with Crippen LogP contribution in [0, 0.1) is 5.92 Å². The lowest BCUT2D eigenvalue weighted by Gasteiger charge is -2.27. The molecule has 0 aliphatic carbocycles. The van der Waals surface area contributed by atoms with E-state index in [1.165, 1.54) is 25.8 Å². The Morgan fingerprint density at radius 2 is 2.16 bits per heavy atom. The molecule has 2 rings (SSSR count). The molecule has 2 unspecified atom stereocenters. The molecule has 0 saturated carbocycles. The molecule has 110 valence electrons. The molecule has 0 spiro atoms. The van der Waals surface area contributed by atoms with Gasteiger partial charge in [-0.25, -0.2) is 0 Å². The van der Waals surface area contributed by atoms with Gasteiger partial charge < -0.3 is 10.1 Å². The van der Waals surface area contributed by atoms with Crippen LogP contribution in [0.1, 0.15) is 40.0 Å². The van der Waals surface area contributed by atoms with E-state index in [2.05, 4.69) is 37.1 Å². The highest BCUT2D eigenvalue weighted by Gasteiger charge is 2.26. The molecular formula is C16H30N2O. The molecular weight excluding hydrogens is 236 g/mol. The number of hydrogen-bond donors (Lipinski definition) is 1. The van der Waals surface area contributed by atoms with Crippen molar-refractivity contribution in [2.24, 2.45) is 5.92 Å². The molecule has 19 heavy (non-hydrogen) atoms. The molecule has 0 aromatic rings. The van der Waals surface area contributed by atoms with Crippen LogP contribution < -0.4 is 5.32 Å². The van der Waals surface area contributed by atoms with Gasteiger partial charge in [0.25, 0.3) is 0 Å². The third kappa shape index (κ3) is 5.25. The lowest BCUT2D eigenvalue weighted by Crippen LogP contribution is -2.36. The summed E-state index contributed by atoms with van der Waals surface area (Å²) in [6, 6.07) is 0. The van der Waals surface area contributed by atoms with Gasteiger partial charge in [-0.3, -0.25) is 4.90 Å². The van der Waals surface area contributed by atoms with E-state index in [4.69, 9.17) is 4.74 Å². The van der Waals surface area contributed by atoms with Crippen molar-refractivity contribution >= 4 is 0 Å². The molecule has 2 aliphatic rings. The molecule has 0 bridgehead atoms. The van der Waals surface area contributed by atoms with Gasteiger partial charge in [-0.1, -0.05) is 25.5 Å². The van der Waals surface area contributed by atoms with E-state index < -0.39 is 0 Å². The molecule has 2 aliphatic heterocycles. The van der Waals surface area contributed by atoms with Crippen molar-refractivity contribution in [1.29, 1.82) is 0 Å². The van der Waals surface area contributed by atoms with Crippen LogP contribution in [0.4, 0.5) is 0 Å². The van der Waals surface area contributed by atoms with Crippen LogP contribution in [0.15, 0.2) is 11.6 Å². The van der Waals surface area contributed by atoms with Crippen molar-refractivity contribution in [1.82, 2.24) is 10.2 Å². The van der Waals surface area contributed by atoms with Gasteiger partial charge in [0.05, 0.1) is 12.2 Å². The molecule has 3 heteroatoms. The van der Waals surface area contributed by atoms with E-state index in [1.54, 1.807) is 5.57 Å². The Balaban J connectivity index is 1.62. The zero-order chi connectivity index (χ0) is 13.7. The molecule has 2 atom stereocenters. The Hall–Kier alpha value is -0.380. The minimum absolute atomic E-state index is 0.436. The minimum atomic E-state index is 0.436. The predicted octanol–water partition coefficient (Wildman–Crippen LogP) is 2.43. The van der Waals surface area contributed by atoms with Gasteiger partial charge in [0, 0.05) is 26.2 Å². The highest BCUT2D eigenvalue weighted by atomic mass is 16.5. The first-order chi connectivity index (χ1) is 9.13. The molecule has 1 fully saturated rings. The van der Waals surface area contributed by atoms with Crippen LogP contribution in [0.3, 0.4) is 0 Å². The fourth-order valence-corrected chi connectivity index (χ4v) is 2.86. The van der Waals surface area contributed by atoms with Crippen LogP contribution in [0.25, 0.3) is 0 Å². The van der Waals surface area contributed by atoms with E-state index in [9.17, 15) is 0 Å². The second-order valence-electron chi connectivity index (χ2n) is 6.57. The summed E-state index contributed by atoms with van der Waals surface area (Å²) < 4.78 is 6.15. The number of hydrogen-bond acceptors (Lipinski definition) is 3. The summed E-state index contributed by atoms with van der Waals surface area (Å²) in [7, 11) is 0. The summed E-state index contributed by atoms with van der Waals surface area (Å²) in [6.07, 6.45) is 6.93. The molecule has 0 aromatic carbocycles. The Labute approximate surface area is 118 Å². The first-order valence-electron chi connectivity index (χ1n) is 7.87. The molecule has 3 nitrogen and oxygen atoms in total. The van der Waals surface area contributed by atoms with Crippen LogP contribution in [0.5, 0.6) is 0 Å². The maximum absolute atomic E-state index is 6.15. The summed E-state index contributed by atoms with van der Waals surface area (Å²) >= 11 is 0. The topological polar surface area (TPSA) is 24.5 Å². The van der Waals surface area contributed by atoms with Crippen molar-refractivity contribution in [3.05, 3.63) is 11.6 Å². The standard InChI is InChI=1S/C16H30N2O/c1-13(2)10-17-11-15-4-5-16(19-15)12-18-8-6-14(3)7-9-18/h6,13,15-17H,4-5,7-12H2,1-3H3. The molecule has 0 amide bonds. The van der Waals surface area contributed by atoms with Gasteiger partial charge >= 0.3 is 0 Å².